The highest BCUT2D eigenvalue weighted by Crippen LogP contribution is 2.27. The number of amides is 1. The largest absolute Gasteiger partial charge is 0.368 e. The molecule has 0 spiro atoms. The van der Waals surface area contributed by atoms with Crippen LogP contribution in [0.3, 0.4) is 0 Å². The predicted octanol–water partition coefficient (Wildman–Crippen LogP) is 1.06. The van der Waals surface area contributed by atoms with Crippen LogP contribution in [0.25, 0.3) is 0 Å². The maximum absolute atomic E-state index is 10.9. The summed E-state index contributed by atoms with van der Waals surface area (Å²) in [5.41, 5.74) is 5.59. The van der Waals surface area contributed by atoms with Crippen LogP contribution in [0.5, 0.6) is 0 Å². The quantitative estimate of drug-likeness (QED) is 0.867. The summed E-state index contributed by atoms with van der Waals surface area (Å²) >= 11 is 6.09. The number of carbonyl (C=O) groups is 1. The Balaban J connectivity index is 1.92. The Morgan fingerprint density at radius 3 is 2.89 bits per heavy atom. The van der Waals surface area contributed by atoms with Gasteiger partial charge >= 0.3 is 0 Å². The van der Waals surface area contributed by atoms with Crippen molar-refractivity contribution < 1.29 is 4.79 Å². The molecule has 0 bridgehead atoms. The van der Waals surface area contributed by atoms with E-state index in [1.165, 1.54) is 6.20 Å². The van der Waals surface area contributed by atoms with E-state index in [9.17, 15) is 4.79 Å². The van der Waals surface area contributed by atoms with Gasteiger partial charge in [-0.15, -0.1) is 0 Å². The zero-order chi connectivity index (χ0) is 13.8. The molecule has 0 unspecified atom stereocenters. The van der Waals surface area contributed by atoms with Gasteiger partial charge in [0.1, 0.15) is 5.02 Å². The van der Waals surface area contributed by atoms with Crippen molar-refractivity contribution >= 4 is 29.3 Å². The van der Waals surface area contributed by atoms with E-state index in [0.29, 0.717) is 16.8 Å². The van der Waals surface area contributed by atoms with Crippen LogP contribution in [0, 0.1) is 5.92 Å². The summed E-state index contributed by atoms with van der Waals surface area (Å²) in [6.07, 6.45) is 3.53. The second-order valence-electron chi connectivity index (χ2n) is 4.77. The molecule has 0 aliphatic carbocycles. The standard InChI is InChI=1S/C12H18ClN5O/c1-8(19)15-6-9-2-4-18(5-3-9)11-10(13)7-16-12(14)17-11/h7,9H,2-6H2,1H3,(H,15,19)(H2,14,16,17). The Bertz CT molecular complexity index is 459. The van der Waals surface area contributed by atoms with Crippen molar-refractivity contribution in [1.29, 1.82) is 0 Å². The van der Waals surface area contributed by atoms with Gasteiger partial charge in [0.25, 0.3) is 0 Å². The number of nitrogens with two attached hydrogens (primary N) is 1. The number of halogens is 1. The third-order valence-electron chi connectivity index (χ3n) is 3.30. The fourth-order valence-electron chi connectivity index (χ4n) is 2.23. The van der Waals surface area contributed by atoms with Gasteiger partial charge in [-0.1, -0.05) is 11.6 Å². The topological polar surface area (TPSA) is 84.1 Å². The van der Waals surface area contributed by atoms with E-state index >= 15 is 0 Å². The number of nitrogen functional groups attached to an aromatic ring is 1. The molecule has 3 N–H and O–H groups in total. The van der Waals surface area contributed by atoms with E-state index in [4.69, 9.17) is 17.3 Å². The zero-order valence-electron chi connectivity index (χ0n) is 10.9. The molecule has 2 heterocycles. The Labute approximate surface area is 117 Å². The number of rotatable bonds is 3. The number of aromatic nitrogens is 2. The van der Waals surface area contributed by atoms with Crippen LogP contribution in [-0.2, 0) is 4.79 Å². The van der Waals surface area contributed by atoms with Gasteiger partial charge in [-0.25, -0.2) is 4.98 Å². The molecule has 6 nitrogen and oxygen atoms in total. The highest BCUT2D eigenvalue weighted by Gasteiger charge is 2.22. The minimum Gasteiger partial charge on any atom is -0.368 e. The molecule has 7 heteroatoms. The highest BCUT2D eigenvalue weighted by atomic mass is 35.5. The van der Waals surface area contributed by atoms with Gasteiger partial charge in [-0.05, 0) is 18.8 Å². The van der Waals surface area contributed by atoms with Crippen molar-refractivity contribution in [3.05, 3.63) is 11.2 Å². The van der Waals surface area contributed by atoms with Gasteiger partial charge in [-0.3, -0.25) is 4.79 Å². The van der Waals surface area contributed by atoms with Crippen LogP contribution in [0.4, 0.5) is 11.8 Å². The van der Waals surface area contributed by atoms with Crippen molar-refractivity contribution in [2.45, 2.75) is 19.8 Å². The number of hydrogen-bond acceptors (Lipinski definition) is 5. The summed E-state index contributed by atoms with van der Waals surface area (Å²) in [6.45, 7) is 4.00. The Morgan fingerprint density at radius 2 is 2.26 bits per heavy atom. The molecular formula is C12H18ClN5O. The van der Waals surface area contributed by atoms with E-state index < -0.39 is 0 Å². The van der Waals surface area contributed by atoms with Crippen LogP contribution in [0.1, 0.15) is 19.8 Å². The first-order valence-electron chi connectivity index (χ1n) is 6.33. The highest BCUT2D eigenvalue weighted by molar-refractivity contribution is 6.32. The lowest BCUT2D eigenvalue weighted by atomic mass is 9.97. The van der Waals surface area contributed by atoms with Crippen LogP contribution in [-0.4, -0.2) is 35.5 Å². The third-order valence-corrected chi connectivity index (χ3v) is 3.56. The van der Waals surface area contributed by atoms with Crippen molar-refractivity contribution in [2.24, 2.45) is 5.92 Å². The van der Waals surface area contributed by atoms with E-state index in [-0.39, 0.29) is 11.9 Å². The first kappa shape index (κ1) is 13.9. The summed E-state index contributed by atoms with van der Waals surface area (Å²) in [5, 5.41) is 3.38. The monoisotopic (exact) mass is 283 g/mol. The molecule has 1 aromatic rings. The van der Waals surface area contributed by atoms with E-state index in [1.54, 1.807) is 6.92 Å². The summed E-state index contributed by atoms with van der Waals surface area (Å²) in [5.74, 6) is 1.47. The number of piperidine rings is 1. The average molecular weight is 284 g/mol. The fourth-order valence-corrected chi connectivity index (χ4v) is 2.44. The molecular weight excluding hydrogens is 266 g/mol. The van der Waals surface area contributed by atoms with Crippen LogP contribution >= 0.6 is 11.6 Å². The number of anilines is 2. The molecule has 2 rings (SSSR count). The van der Waals surface area contributed by atoms with Gasteiger partial charge in [0, 0.05) is 26.6 Å². The van der Waals surface area contributed by atoms with Gasteiger partial charge in [-0.2, -0.15) is 4.98 Å². The SMILES string of the molecule is CC(=O)NCC1CCN(c2nc(N)ncc2Cl)CC1. The van der Waals surface area contributed by atoms with E-state index in [0.717, 1.165) is 32.5 Å². The first-order chi connectivity index (χ1) is 9.06. The molecule has 1 saturated heterocycles. The number of nitrogens with zero attached hydrogens (tertiary/aromatic N) is 3. The lowest BCUT2D eigenvalue weighted by Crippen LogP contribution is -2.38. The van der Waals surface area contributed by atoms with Crippen LogP contribution in [0.15, 0.2) is 6.20 Å². The summed E-state index contributed by atoms with van der Waals surface area (Å²) in [6, 6.07) is 0. The predicted molar refractivity (Wildman–Crippen MR) is 75.1 cm³/mol. The molecule has 1 aliphatic heterocycles. The van der Waals surface area contributed by atoms with E-state index in [2.05, 4.69) is 20.2 Å². The maximum atomic E-state index is 10.9. The van der Waals surface area contributed by atoms with Crippen molar-refractivity contribution in [3.8, 4) is 0 Å². The Kier molecular flexibility index (Phi) is 4.42. The number of nitrogens with one attached hydrogen (secondary N) is 1. The average Bonchev–Trinajstić information content (AvgIpc) is 2.40. The molecule has 0 saturated carbocycles. The molecule has 0 aromatic carbocycles. The van der Waals surface area contributed by atoms with Gasteiger partial charge in [0.2, 0.25) is 11.9 Å². The Hall–Kier alpha value is -1.56. The summed E-state index contributed by atoms with van der Waals surface area (Å²) in [4.78, 5) is 21.0. The summed E-state index contributed by atoms with van der Waals surface area (Å²) < 4.78 is 0. The minimum atomic E-state index is 0.0223. The second-order valence-corrected chi connectivity index (χ2v) is 5.17. The molecule has 0 radical (unpaired) electrons. The number of hydrogen-bond donors (Lipinski definition) is 2. The fraction of sp³-hybridized carbons (Fsp3) is 0.583. The minimum absolute atomic E-state index is 0.0223. The van der Waals surface area contributed by atoms with Crippen LogP contribution in [0.2, 0.25) is 5.02 Å². The molecule has 104 valence electrons. The van der Waals surface area contributed by atoms with Gasteiger partial charge < -0.3 is 16.0 Å². The van der Waals surface area contributed by atoms with E-state index in [1.807, 2.05) is 0 Å². The third kappa shape index (κ3) is 3.70. The van der Waals surface area contributed by atoms with Crippen LogP contribution < -0.4 is 16.0 Å². The molecule has 19 heavy (non-hydrogen) atoms. The van der Waals surface area contributed by atoms with Gasteiger partial charge in [0.05, 0.1) is 6.20 Å². The Morgan fingerprint density at radius 1 is 1.58 bits per heavy atom. The lowest BCUT2D eigenvalue weighted by Gasteiger charge is -2.33. The second kappa shape index (κ2) is 6.06. The molecule has 1 fully saturated rings. The lowest BCUT2D eigenvalue weighted by molar-refractivity contribution is -0.119. The smallest absolute Gasteiger partial charge is 0.222 e. The maximum Gasteiger partial charge on any atom is 0.222 e. The molecule has 1 amide bonds. The molecule has 1 aliphatic rings. The molecule has 1 aromatic heterocycles. The normalized spacial score (nSPS) is 16.4. The number of carbonyl (C=O) groups excluding carboxylic acids is 1. The first-order valence-corrected chi connectivity index (χ1v) is 6.71. The van der Waals surface area contributed by atoms with Crippen molar-refractivity contribution in [2.75, 3.05) is 30.3 Å². The summed E-state index contributed by atoms with van der Waals surface area (Å²) in [7, 11) is 0. The van der Waals surface area contributed by atoms with Gasteiger partial charge in [0.15, 0.2) is 5.82 Å². The molecule has 0 atom stereocenters. The van der Waals surface area contributed by atoms with Crippen molar-refractivity contribution in [1.82, 2.24) is 15.3 Å². The zero-order valence-corrected chi connectivity index (χ0v) is 11.7. The van der Waals surface area contributed by atoms with Crippen molar-refractivity contribution in [3.63, 3.8) is 0 Å².